The summed E-state index contributed by atoms with van der Waals surface area (Å²) in [6.45, 7) is 2.57. The van der Waals surface area contributed by atoms with Gasteiger partial charge >= 0.3 is 5.97 Å². The number of aromatic nitrogens is 2. The van der Waals surface area contributed by atoms with Crippen molar-refractivity contribution in [2.75, 3.05) is 5.32 Å². The van der Waals surface area contributed by atoms with Crippen molar-refractivity contribution in [1.29, 1.82) is 0 Å². The average molecular weight is 277 g/mol. The molecule has 0 amide bonds. The monoisotopic (exact) mass is 277 g/mol. The highest BCUT2D eigenvalue weighted by molar-refractivity contribution is 7.13. The maximum absolute atomic E-state index is 10.5. The van der Waals surface area contributed by atoms with Gasteiger partial charge in [0, 0.05) is 17.5 Å². The van der Waals surface area contributed by atoms with Crippen LogP contribution in [0.2, 0.25) is 0 Å². The van der Waals surface area contributed by atoms with Crippen molar-refractivity contribution in [3.05, 3.63) is 40.7 Å². The normalized spacial score (nSPS) is 10.4. The van der Waals surface area contributed by atoms with Gasteiger partial charge in [-0.15, -0.1) is 11.3 Å². The molecular formula is C13H15N3O2S. The quantitative estimate of drug-likeness (QED) is 0.848. The third-order valence-electron chi connectivity index (χ3n) is 2.51. The third-order valence-corrected chi connectivity index (χ3v) is 3.36. The van der Waals surface area contributed by atoms with E-state index >= 15 is 0 Å². The molecule has 2 heterocycles. The van der Waals surface area contributed by atoms with Gasteiger partial charge in [-0.25, -0.2) is 4.98 Å². The van der Waals surface area contributed by atoms with E-state index in [9.17, 15) is 4.79 Å². The SMILES string of the molecule is Cc1cccc(CNc2nc(CCC(=O)O)cs2)n1. The van der Waals surface area contributed by atoms with Gasteiger partial charge in [-0.2, -0.15) is 0 Å². The highest BCUT2D eigenvalue weighted by atomic mass is 32.1. The number of rotatable bonds is 6. The minimum absolute atomic E-state index is 0.114. The Bertz CT molecular complexity index is 569. The molecule has 2 aromatic rings. The molecule has 0 aromatic carbocycles. The molecule has 0 aliphatic heterocycles. The molecule has 0 fully saturated rings. The molecule has 0 radical (unpaired) electrons. The summed E-state index contributed by atoms with van der Waals surface area (Å²) in [5.41, 5.74) is 2.76. The molecule has 2 aromatic heterocycles. The van der Waals surface area contributed by atoms with Crippen LogP contribution in [0.5, 0.6) is 0 Å². The number of aliphatic carboxylic acids is 1. The van der Waals surface area contributed by atoms with Crippen molar-refractivity contribution in [1.82, 2.24) is 9.97 Å². The summed E-state index contributed by atoms with van der Waals surface area (Å²) in [7, 11) is 0. The Morgan fingerprint density at radius 2 is 2.21 bits per heavy atom. The number of carbonyl (C=O) groups is 1. The summed E-state index contributed by atoms with van der Waals surface area (Å²) in [6.07, 6.45) is 0.582. The smallest absolute Gasteiger partial charge is 0.303 e. The van der Waals surface area contributed by atoms with Crippen molar-refractivity contribution in [3.63, 3.8) is 0 Å². The average Bonchev–Trinajstić information content (AvgIpc) is 2.82. The van der Waals surface area contributed by atoms with Gasteiger partial charge in [0.15, 0.2) is 5.13 Å². The van der Waals surface area contributed by atoms with Gasteiger partial charge in [-0.1, -0.05) is 6.07 Å². The number of nitrogens with zero attached hydrogens (tertiary/aromatic N) is 2. The predicted octanol–water partition coefficient (Wildman–Crippen LogP) is 2.48. The van der Waals surface area contributed by atoms with Crippen LogP contribution >= 0.6 is 11.3 Å². The summed E-state index contributed by atoms with van der Waals surface area (Å²) in [5.74, 6) is -0.800. The van der Waals surface area contributed by atoms with Gasteiger partial charge in [-0.05, 0) is 19.1 Å². The van der Waals surface area contributed by atoms with Crippen LogP contribution in [-0.2, 0) is 17.8 Å². The number of carboxylic acid groups (broad SMARTS) is 1. The molecular weight excluding hydrogens is 262 g/mol. The third kappa shape index (κ3) is 4.33. The minimum atomic E-state index is -0.800. The molecule has 5 nitrogen and oxygen atoms in total. The van der Waals surface area contributed by atoms with Gasteiger partial charge in [-0.3, -0.25) is 9.78 Å². The Balaban J connectivity index is 1.88. The molecule has 0 atom stereocenters. The lowest BCUT2D eigenvalue weighted by atomic mass is 10.2. The molecule has 2 rings (SSSR count). The number of nitrogens with one attached hydrogen (secondary N) is 1. The second kappa shape index (κ2) is 6.29. The van der Waals surface area contributed by atoms with E-state index in [0.717, 1.165) is 22.2 Å². The van der Waals surface area contributed by atoms with Crippen LogP contribution in [0.25, 0.3) is 0 Å². The molecule has 0 aliphatic carbocycles. The molecule has 0 saturated heterocycles. The highest BCUT2D eigenvalue weighted by Crippen LogP contribution is 2.17. The van der Waals surface area contributed by atoms with E-state index in [0.29, 0.717) is 13.0 Å². The van der Waals surface area contributed by atoms with Crippen molar-refractivity contribution in [3.8, 4) is 0 Å². The first-order valence-corrected chi connectivity index (χ1v) is 6.84. The van der Waals surface area contributed by atoms with E-state index in [-0.39, 0.29) is 6.42 Å². The fourth-order valence-corrected chi connectivity index (χ4v) is 2.35. The summed E-state index contributed by atoms with van der Waals surface area (Å²) >= 11 is 1.48. The van der Waals surface area contributed by atoms with Crippen molar-refractivity contribution in [2.45, 2.75) is 26.3 Å². The van der Waals surface area contributed by atoms with E-state index < -0.39 is 5.97 Å². The Labute approximate surface area is 115 Å². The lowest BCUT2D eigenvalue weighted by Crippen LogP contribution is -2.02. The van der Waals surface area contributed by atoms with Crippen molar-refractivity contribution in [2.24, 2.45) is 0 Å². The van der Waals surface area contributed by atoms with Crippen LogP contribution in [0.3, 0.4) is 0 Å². The first kappa shape index (κ1) is 13.5. The largest absolute Gasteiger partial charge is 0.481 e. The second-order valence-corrected chi connectivity index (χ2v) is 5.02. The van der Waals surface area contributed by atoms with Crippen molar-refractivity contribution < 1.29 is 9.90 Å². The molecule has 0 spiro atoms. The van der Waals surface area contributed by atoms with Crippen LogP contribution in [-0.4, -0.2) is 21.0 Å². The maximum Gasteiger partial charge on any atom is 0.303 e. The fourth-order valence-electron chi connectivity index (χ4n) is 1.60. The maximum atomic E-state index is 10.5. The van der Waals surface area contributed by atoms with Crippen LogP contribution in [0.15, 0.2) is 23.6 Å². The Hall–Kier alpha value is -1.95. The zero-order chi connectivity index (χ0) is 13.7. The summed E-state index contributed by atoms with van der Waals surface area (Å²) < 4.78 is 0. The molecule has 0 aliphatic rings. The predicted molar refractivity (Wildman–Crippen MR) is 74.4 cm³/mol. The standard InChI is InChI=1S/C13H15N3O2S/c1-9-3-2-4-10(15-9)7-14-13-16-11(8-19-13)5-6-12(17)18/h2-4,8H,5-7H2,1H3,(H,14,16)(H,17,18). The highest BCUT2D eigenvalue weighted by Gasteiger charge is 2.04. The Morgan fingerprint density at radius 1 is 1.37 bits per heavy atom. The van der Waals surface area contributed by atoms with Gasteiger partial charge in [0.2, 0.25) is 0 Å². The molecule has 6 heteroatoms. The molecule has 0 saturated carbocycles. The van der Waals surface area contributed by atoms with Crippen LogP contribution in [0.4, 0.5) is 5.13 Å². The van der Waals surface area contributed by atoms with Crippen molar-refractivity contribution >= 4 is 22.4 Å². The summed E-state index contributed by atoms with van der Waals surface area (Å²) in [6, 6.07) is 5.88. The topological polar surface area (TPSA) is 75.1 Å². The second-order valence-electron chi connectivity index (χ2n) is 4.16. The number of anilines is 1. The van der Waals surface area contributed by atoms with Crippen LogP contribution in [0.1, 0.15) is 23.5 Å². The fraction of sp³-hybridized carbons (Fsp3) is 0.308. The first-order valence-electron chi connectivity index (χ1n) is 5.96. The number of thiazole rings is 1. The number of carboxylic acids is 1. The number of pyridine rings is 1. The molecule has 2 N–H and O–H groups in total. The zero-order valence-corrected chi connectivity index (χ0v) is 11.4. The number of hydrogen-bond donors (Lipinski definition) is 2. The molecule has 0 unspecified atom stereocenters. The van der Waals surface area contributed by atoms with Gasteiger partial charge in [0.1, 0.15) is 0 Å². The molecule has 100 valence electrons. The lowest BCUT2D eigenvalue weighted by molar-refractivity contribution is -0.136. The van der Waals surface area contributed by atoms with Gasteiger partial charge in [0.05, 0.1) is 24.4 Å². The number of hydrogen-bond acceptors (Lipinski definition) is 5. The van der Waals surface area contributed by atoms with E-state index in [1.165, 1.54) is 11.3 Å². The summed E-state index contributed by atoms with van der Waals surface area (Å²) in [5, 5.41) is 14.5. The number of aryl methyl sites for hydroxylation is 2. The van der Waals surface area contributed by atoms with E-state index in [1.807, 2.05) is 30.5 Å². The lowest BCUT2D eigenvalue weighted by Gasteiger charge is -2.02. The Kier molecular flexibility index (Phi) is 4.46. The Morgan fingerprint density at radius 3 is 2.95 bits per heavy atom. The van der Waals surface area contributed by atoms with Crippen LogP contribution < -0.4 is 5.32 Å². The first-order chi connectivity index (χ1) is 9.13. The van der Waals surface area contributed by atoms with E-state index in [2.05, 4.69) is 15.3 Å². The van der Waals surface area contributed by atoms with Gasteiger partial charge in [0.25, 0.3) is 0 Å². The molecule has 19 heavy (non-hydrogen) atoms. The minimum Gasteiger partial charge on any atom is -0.481 e. The van der Waals surface area contributed by atoms with Gasteiger partial charge < -0.3 is 10.4 Å². The zero-order valence-electron chi connectivity index (χ0n) is 10.6. The summed E-state index contributed by atoms with van der Waals surface area (Å²) in [4.78, 5) is 19.2. The van der Waals surface area contributed by atoms with E-state index in [1.54, 1.807) is 0 Å². The van der Waals surface area contributed by atoms with E-state index in [4.69, 9.17) is 5.11 Å². The van der Waals surface area contributed by atoms with Crippen LogP contribution in [0, 0.1) is 6.92 Å². The molecule has 0 bridgehead atoms.